The molecule has 0 spiro atoms. The van der Waals surface area contributed by atoms with E-state index in [9.17, 15) is 4.79 Å². The highest BCUT2D eigenvalue weighted by molar-refractivity contribution is 7.99. The first-order valence-electron chi connectivity index (χ1n) is 8.11. The summed E-state index contributed by atoms with van der Waals surface area (Å²) in [6.45, 7) is 6.25. The molecule has 1 amide bonds. The third kappa shape index (κ3) is 3.41. The van der Waals surface area contributed by atoms with Gasteiger partial charge in [-0.3, -0.25) is 4.79 Å². The lowest BCUT2D eigenvalue weighted by molar-refractivity contribution is -0.121. The summed E-state index contributed by atoms with van der Waals surface area (Å²) >= 11 is 1.89. The van der Waals surface area contributed by atoms with Gasteiger partial charge < -0.3 is 14.5 Å². The minimum absolute atomic E-state index is 0.198. The molecule has 2 aliphatic rings. The molecular formula is C17H24N2O2S. The van der Waals surface area contributed by atoms with Gasteiger partial charge in [0, 0.05) is 42.7 Å². The van der Waals surface area contributed by atoms with Crippen LogP contribution in [-0.4, -0.2) is 50.3 Å². The van der Waals surface area contributed by atoms with Crippen molar-refractivity contribution >= 4 is 29.0 Å². The van der Waals surface area contributed by atoms with Crippen molar-refractivity contribution in [3.63, 3.8) is 0 Å². The number of thioether (sulfide) groups is 1. The van der Waals surface area contributed by atoms with Gasteiger partial charge >= 0.3 is 0 Å². The van der Waals surface area contributed by atoms with E-state index in [1.807, 2.05) is 16.7 Å². The summed E-state index contributed by atoms with van der Waals surface area (Å²) in [5.74, 6) is 2.57. The Hall–Kier alpha value is -1.20. The molecule has 2 saturated heterocycles. The van der Waals surface area contributed by atoms with Gasteiger partial charge in [-0.15, -0.1) is 0 Å². The molecule has 2 aliphatic heterocycles. The topological polar surface area (TPSA) is 32.8 Å². The molecule has 120 valence electrons. The summed E-state index contributed by atoms with van der Waals surface area (Å²) in [4.78, 5) is 16.9. The largest absolute Gasteiger partial charge is 0.378 e. The van der Waals surface area contributed by atoms with Crippen LogP contribution in [0.4, 0.5) is 11.4 Å². The minimum atomic E-state index is 0.198. The summed E-state index contributed by atoms with van der Waals surface area (Å²) in [6, 6.07) is 8.41. The van der Waals surface area contributed by atoms with E-state index in [2.05, 4.69) is 36.1 Å². The van der Waals surface area contributed by atoms with Crippen molar-refractivity contribution in [1.82, 2.24) is 0 Å². The fraction of sp³-hybridized carbons (Fsp3) is 0.588. The Morgan fingerprint density at radius 1 is 1.32 bits per heavy atom. The second-order valence-corrected chi connectivity index (χ2v) is 6.91. The third-order valence-electron chi connectivity index (χ3n) is 4.40. The molecular weight excluding hydrogens is 296 g/mol. The maximum atomic E-state index is 12.6. The molecule has 1 aromatic rings. The maximum absolute atomic E-state index is 12.6. The quantitative estimate of drug-likeness (QED) is 0.854. The van der Waals surface area contributed by atoms with Gasteiger partial charge in [-0.2, -0.15) is 11.8 Å². The van der Waals surface area contributed by atoms with Crippen molar-refractivity contribution in [2.24, 2.45) is 5.92 Å². The average Bonchev–Trinajstić information content (AvgIpc) is 3.11. The van der Waals surface area contributed by atoms with Crippen molar-refractivity contribution in [2.45, 2.75) is 13.3 Å². The van der Waals surface area contributed by atoms with Crippen LogP contribution in [-0.2, 0) is 9.53 Å². The highest BCUT2D eigenvalue weighted by Gasteiger charge is 2.27. The van der Waals surface area contributed by atoms with E-state index < -0.39 is 0 Å². The van der Waals surface area contributed by atoms with E-state index in [0.29, 0.717) is 0 Å². The first kappa shape index (κ1) is 15.7. The molecule has 0 N–H and O–H groups in total. The summed E-state index contributed by atoms with van der Waals surface area (Å²) in [7, 11) is 0. The monoisotopic (exact) mass is 320 g/mol. The first-order chi connectivity index (χ1) is 10.8. The maximum Gasteiger partial charge on any atom is 0.230 e. The van der Waals surface area contributed by atoms with Crippen LogP contribution in [0.5, 0.6) is 0 Å². The van der Waals surface area contributed by atoms with Gasteiger partial charge in [-0.25, -0.2) is 0 Å². The number of hydrogen-bond donors (Lipinski definition) is 0. The van der Waals surface area contributed by atoms with Crippen molar-refractivity contribution in [1.29, 1.82) is 0 Å². The van der Waals surface area contributed by atoms with Crippen LogP contribution < -0.4 is 9.80 Å². The number of carbonyl (C=O) groups is 1. The molecule has 0 aliphatic carbocycles. The molecule has 1 unspecified atom stereocenters. The Balaban J connectivity index is 1.70. The van der Waals surface area contributed by atoms with Crippen LogP contribution in [0.3, 0.4) is 0 Å². The van der Waals surface area contributed by atoms with E-state index in [1.165, 1.54) is 5.69 Å². The molecule has 0 saturated carbocycles. The summed E-state index contributed by atoms with van der Waals surface area (Å²) < 4.78 is 5.39. The molecule has 22 heavy (non-hydrogen) atoms. The van der Waals surface area contributed by atoms with Crippen molar-refractivity contribution in [2.75, 3.05) is 54.2 Å². The predicted octanol–water partition coefficient (Wildman–Crippen LogP) is 2.63. The van der Waals surface area contributed by atoms with Crippen LogP contribution in [0.15, 0.2) is 24.3 Å². The normalized spacial score (nSPS) is 21.9. The van der Waals surface area contributed by atoms with Gasteiger partial charge in [-0.1, -0.05) is 0 Å². The molecule has 0 radical (unpaired) electrons. The van der Waals surface area contributed by atoms with Crippen LogP contribution in [0.2, 0.25) is 0 Å². The summed E-state index contributed by atoms with van der Waals surface area (Å²) in [6.07, 6.45) is 1.02. The van der Waals surface area contributed by atoms with Crippen molar-refractivity contribution in [3.05, 3.63) is 24.3 Å². The molecule has 3 rings (SSSR count). The standard InChI is InChI=1S/C17H24N2O2S/c1-2-19(17(20)14-7-12-22-13-14)16-5-3-15(4-6-16)18-8-10-21-11-9-18/h3-6,14H,2,7-13H2,1H3. The molecule has 1 aromatic carbocycles. The lowest BCUT2D eigenvalue weighted by Gasteiger charge is -2.30. The van der Waals surface area contributed by atoms with Gasteiger partial charge in [0.2, 0.25) is 5.91 Å². The molecule has 2 fully saturated rings. The summed E-state index contributed by atoms with van der Waals surface area (Å²) in [5.41, 5.74) is 2.23. The van der Waals surface area contributed by atoms with E-state index in [1.54, 1.807) is 0 Å². The van der Waals surface area contributed by atoms with Gasteiger partial charge in [0.15, 0.2) is 0 Å². The van der Waals surface area contributed by atoms with E-state index >= 15 is 0 Å². The van der Waals surface area contributed by atoms with E-state index in [4.69, 9.17) is 4.74 Å². The Kier molecular flexibility index (Phi) is 5.26. The molecule has 1 atom stereocenters. The average molecular weight is 320 g/mol. The Bertz CT molecular complexity index is 494. The molecule has 0 aromatic heterocycles. The zero-order valence-electron chi connectivity index (χ0n) is 13.2. The number of benzene rings is 1. The van der Waals surface area contributed by atoms with Gasteiger partial charge in [-0.05, 0) is 43.4 Å². The van der Waals surface area contributed by atoms with Crippen LogP contribution in [0, 0.1) is 5.92 Å². The number of hydrogen-bond acceptors (Lipinski definition) is 4. The van der Waals surface area contributed by atoms with E-state index in [0.717, 1.165) is 56.5 Å². The predicted molar refractivity (Wildman–Crippen MR) is 92.9 cm³/mol. The molecule has 5 heteroatoms. The number of morpholine rings is 1. The molecule has 2 heterocycles. The fourth-order valence-electron chi connectivity index (χ4n) is 3.08. The molecule has 0 bridgehead atoms. The SMILES string of the molecule is CCN(C(=O)C1CCSC1)c1ccc(N2CCOCC2)cc1. The van der Waals surface area contributed by atoms with Crippen LogP contribution in [0.1, 0.15) is 13.3 Å². The highest BCUT2D eigenvalue weighted by atomic mass is 32.2. The zero-order chi connectivity index (χ0) is 15.4. The van der Waals surface area contributed by atoms with Crippen LogP contribution >= 0.6 is 11.8 Å². The smallest absolute Gasteiger partial charge is 0.230 e. The van der Waals surface area contributed by atoms with Gasteiger partial charge in [0.1, 0.15) is 0 Å². The lowest BCUT2D eigenvalue weighted by atomic mass is 10.1. The Morgan fingerprint density at radius 2 is 2.05 bits per heavy atom. The number of nitrogens with zero attached hydrogens (tertiary/aromatic N) is 2. The minimum Gasteiger partial charge on any atom is -0.378 e. The number of amides is 1. The first-order valence-corrected chi connectivity index (χ1v) is 9.27. The lowest BCUT2D eigenvalue weighted by Crippen LogP contribution is -2.37. The Morgan fingerprint density at radius 3 is 2.64 bits per heavy atom. The zero-order valence-corrected chi connectivity index (χ0v) is 14.0. The number of anilines is 2. The Labute approximate surface area is 136 Å². The van der Waals surface area contributed by atoms with E-state index in [-0.39, 0.29) is 11.8 Å². The second kappa shape index (κ2) is 7.38. The number of rotatable bonds is 4. The van der Waals surface area contributed by atoms with Gasteiger partial charge in [0.05, 0.1) is 13.2 Å². The summed E-state index contributed by atoms with van der Waals surface area (Å²) in [5, 5.41) is 0. The molecule has 4 nitrogen and oxygen atoms in total. The second-order valence-electron chi connectivity index (χ2n) is 5.76. The fourth-order valence-corrected chi connectivity index (χ4v) is 4.29. The highest BCUT2D eigenvalue weighted by Crippen LogP contribution is 2.28. The van der Waals surface area contributed by atoms with Crippen LogP contribution in [0.25, 0.3) is 0 Å². The van der Waals surface area contributed by atoms with Crippen molar-refractivity contribution in [3.8, 4) is 0 Å². The number of ether oxygens (including phenoxy) is 1. The van der Waals surface area contributed by atoms with Gasteiger partial charge in [0.25, 0.3) is 0 Å². The number of carbonyl (C=O) groups excluding carboxylic acids is 1. The third-order valence-corrected chi connectivity index (χ3v) is 5.56. The van der Waals surface area contributed by atoms with Crippen molar-refractivity contribution < 1.29 is 9.53 Å².